The van der Waals surface area contributed by atoms with Crippen LogP contribution in [-0.2, 0) is 11.8 Å². The van der Waals surface area contributed by atoms with E-state index in [2.05, 4.69) is 11.0 Å². The SMILES string of the molecule is [2H][13CH]([2H])N1CC[C@@]23CCCC[C@@H]2[C@@H]1Cc1ccc(O)cc13. The largest absolute Gasteiger partial charge is 0.508 e. The van der Waals surface area contributed by atoms with Crippen molar-refractivity contribution in [2.24, 2.45) is 5.92 Å². The number of aromatic hydroxyl groups is 1. The summed E-state index contributed by atoms with van der Waals surface area (Å²) in [5, 5.41) is 9.94. The fourth-order valence-corrected chi connectivity index (χ4v) is 5.02. The van der Waals surface area contributed by atoms with Crippen LogP contribution < -0.4 is 0 Å². The van der Waals surface area contributed by atoms with Gasteiger partial charge in [0.2, 0.25) is 0 Å². The van der Waals surface area contributed by atoms with Crippen LogP contribution in [0.1, 0.15) is 46.0 Å². The Kier molecular flexibility index (Phi) is 2.06. The lowest BCUT2D eigenvalue weighted by atomic mass is 9.52. The van der Waals surface area contributed by atoms with Gasteiger partial charge in [0.25, 0.3) is 0 Å². The molecule has 2 heteroatoms. The van der Waals surface area contributed by atoms with E-state index < -0.39 is 7.00 Å². The van der Waals surface area contributed by atoms with Crippen LogP contribution in [0.4, 0.5) is 0 Å². The van der Waals surface area contributed by atoms with E-state index in [1.807, 2.05) is 6.07 Å². The molecule has 2 bridgehead atoms. The minimum Gasteiger partial charge on any atom is -0.508 e. The Labute approximate surface area is 118 Å². The van der Waals surface area contributed by atoms with Crippen LogP contribution in [0.2, 0.25) is 0 Å². The molecule has 1 aromatic rings. The van der Waals surface area contributed by atoms with Crippen LogP contribution in [0.3, 0.4) is 0 Å². The smallest absolute Gasteiger partial charge is 0.115 e. The number of phenols is 1. The van der Waals surface area contributed by atoms with Crippen LogP contribution >= 0.6 is 0 Å². The van der Waals surface area contributed by atoms with E-state index in [0.717, 1.165) is 19.4 Å². The topological polar surface area (TPSA) is 23.5 Å². The first-order valence-electron chi connectivity index (χ1n) is 8.70. The van der Waals surface area contributed by atoms with Crippen molar-refractivity contribution in [3.63, 3.8) is 0 Å². The zero-order valence-corrected chi connectivity index (χ0v) is 11.3. The van der Waals surface area contributed by atoms with Crippen LogP contribution in [0, 0.1) is 5.92 Å². The lowest BCUT2D eigenvalue weighted by Gasteiger charge is -2.58. The Morgan fingerprint density at radius 1 is 1.37 bits per heavy atom. The molecule has 2 aliphatic carbocycles. The van der Waals surface area contributed by atoms with Gasteiger partial charge in [0.1, 0.15) is 5.75 Å². The molecule has 1 N–H and O–H groups in total. The predicted octanol–water partition coefficient (Wildman–Crippen LogP) is 3.08. The molecule has 3 aliphatic rings. The summed E-state index contributed by atoms with van der Waals surface area (Å²) >= 11 is 0. The van der Waals surface area contributed by atoms with E-state index in [1.165, 1.54) is 36.8 Å². The van der Waals surface area contributed by atoms with Gasteiger partial charge in [-0.3, -0.25) is 0 Å². The maximum Gasteiger partial charge on any atom is 0.115 e. The number of likely N-dealkylation sites (N-methyl/N-ethyl adjacent to an activating group) is 1. The number of phenolic OH excluding ortho intramolecular Hbond substituents is 1. The summed E-state index contributed by atoms with van der Waals surface area (Å²) in [5.41, 5.74) is 2.90. The van der Waals surface area contributed by atoms with Crippen molar-refractivity contribution in [2.75, 3.05) is 13.5 Å². The van der Waals surface area contributed by atoms with Gasteiger partial charge in [-0.1, -0.05) is 18.9 Å². The molecule has 0 spiro atoms. The van der Waals surface area contributed by atoms with Gasteiger partial charge >= 0.3 is 0 Å². The molecule has 0 amide bonds. The number of rotatable bonds is 0. The summed E-state index contributed by atoms with van der Waals surface area (Å²) in [5.74, 6) is 0.944. The monoisotopic (exact) mass is 260 g/mol. The molecule has 2 nitrogen and oxygen atoms in total. The number of hydrogen-bond acceptors (Lipinski definition) is 2. The highest BCUT2D eigenvalue weighted by Gasteiger charge is 2.52. The molecule has 0 aromatic heterocycles. The zero-order valence-electron chi connectivity index (χ0n) is 13.3. The first-order chi connectivity index (χ1) is 10.1. The molecule has 1 aromatic carbocycles. The van der Waals surface area contributed by atoms with E-state index in [0.29, 0.717) is 17.7 Å². The molecular formula is C17H23NO. The van der Waals surface area contributed by atoms with Crippen molar-refractivity contribution in [3.8, 4) is 5.75 Å². The second kappa shape index (κ2) is 3.99. The van der Waals surface area contributed by atoms with E-state index in [9.17, 15) is 5.11 Å². The normalized spacial score (nSPS) is 39.2. The highest BCUT2D eigenvalue weighted by atomic mass is 16.3. The van der Waals surface area contributed by atoms with Crippen LogP contribution in [0.15, 0.2) is 18.2 Å². The van der Waals surface area contributed by atoms with Crippen molar-refractivity contribution < 1.29 is 7.85 Å². The third-order valence-electron chi connectivity index (χ3n) is 5.86. The number of piperidine rings is 1. The Morgan fingerprint density at radius 2 is 2.32 bits per heavy atom. The van der Waals surface area contributed by atoms with Gasteiger partial charge in [-0.05, 0) is 68.4 Å². The fraction of sp³-hybridized carbons (Fsp3) is 0.647. The quantitative estimate of drug-likeness (QED) is 0.725. The number of hydrogen-bond donors (Lipinski definition) is 1. The molecule has 4 rings (SSSR count). The Balaban J connectivity index is 1.85. The van der Waals surface area contributed by atoms with E-state index in [4.69, 9.17) is 2.74 Å². The molecule has 0 radical (unpaired) electrons. The Bertz CT molecular complexity index is 562. The minimum atomic E-state index is -0.853. The number of nitrogens with zero attached hydrogens (tertiary/aromatic N) is 1. The molecule has 1 saturated heterocycles. The average molecular weight is 260 g/mol. The van der Waals surface area contributed by atoms with E-state index >= 15 is 0 Å². The minimum absolute atomic E-state index is 0.195. The molecule has 1 heterocycles. The fourth-order valence-electron chi connectivity index (χ4n) is 5.02. The summed E-state index contributed by atoms with van der Waals surface area (Å²) in [6.45, 7) is 0.00193. The van der Waals surface area contributed by atoms with Crippen molar-refractivity contribution in [2.45, 2.75) is 50.0 Å². The second-order valence-corrected chi connectivity index (χ2v) is 6.61. The highest BCUT2D eigenvalue weighted by molar-refractivity contribution is 5.45. The lowest BCUT2D eigenvalue weighted by molar-refractivity contribution is 0.00274. The summed E-state index contributed by atoms with van der Waals surface area (Å²) < 4.78 is 15.7. The van der Waals surface area contributed by atoms with Crippen LogP contribution in [0.25, 0.3) is 0 Å². The van der Waals surface area contributed by atoms with E-state index in [1.54, 1.807) is 6.07 Å². The zero-order chi connectivity index (χ0) is 14.6. The van der Waals surface area contributed by atoms with Crippen LogP contribution in [0.5, 0.6) is 5.75 Å². The number of likely N-dealkylation sites (tertiary alicyclic amines) is 1. The molecule has 2 fully saturated rings. The standard InChI is InChI=1S/C17H23NO/c1-18-9-8-17-7-3-2-4-14(17)16(18)10-12-5-6-13(19)11-15(12)17/h5-6,11,14,16,19H,2-4,7-10H2,1H3/t14-,16+,17+/m1/s1/i1+1D2. The third kappa shape index (κ3) is 1.53. The molecule has 3 atom stereocenters. The first-order valence-corrected chi connectivity index (χ1v) is 7.54. The Morgan fingerprint density at radius 3 is 3.21 bits per heavy atom. The number of fused-ring (bicyclic) bond motifs is 1. The summed E-state index contributed by atoms with van der Waals surface area (Å²) in [6.07, 6.45) is 6.94. The van der Waals surface area contributed by atoms with Crippen molar-refractivity contribution in [3.05, 3.63) is 29.3 Å². The third-order valence-corrected chi connectivity index (χ3v) is 5.86. The highest BCUT2D eigenvalue weighted by Crippen LogP contribution is 2.55. The summed E-state index contributed by atoms with van der Waals surface area (Å²) in [6, 6.07) is 6.20. The van der Waals surface area contributed by atoms with Gasteiger partial charge in [-0.2, -0.15) is 0 Å². The second-order valence-electron chi connectivity index (χ2n) is 6.61. The summed E-state index contributed by atoms with van der Waals surface area (Å²) in [4.78, 5) is 2.09. The van der Waals surface area contributed by atoms with Crippen LogP contribution in [-0.4, -0.2) is 29.6 Å². The van der Waals surface area contributed by atoms with E-state index in [-0.39, 0.29) is 5.41 Å². The molecule has 102 valence electrons. The van der Waals surface area contributed by atoms with Crippen molar-refractivity contribution in [1.82, 2.24) is 4.90 Å². The molecule has 1 aliphatic heterocycles. The maximum atomic E-state index is 9.94. The molecule has 19 heavy (non-hydrogen) atoms. The Hall–Kier alpha value is -1.02. The lowest BCUT2D eigenvalue weighted by Crippen LogP contribution is -2.59. The van der Waals surface area contributed by atoms with Gasteiger partial charge < -0.3 is 10.0 Å². The van der Waals surface area contributed by atoms with Crippen molar-refractivity contribution in [1.29, 1.82) is 0 Å². The van der Waals surface area contributed by atoms with Gasteiger partial charge in [0.15, 0.2) is 0 Å². The van der Waals surface area contributed by atoms with Gasteiger partial charge in [0, 0.05) is 14.2 Å². The molecular weight excluding hydrogens is 235 g/mol. The number of benzene rings is 1. The van der Waals surface area contributed by atoms with Gasteiger partial charge in [0.05, 0.1) is 0 Å². The average Bonchev–Trinajstić information content (AvgIpc) is 2.48. The van der Waals surface area contributed by atoms with Gasteiger partial charge in [-0.25, -0.2) is 0 Å². The summed E-state index contributed by atoms with van der Waals surface area (Å²) in [7, 11) is 0. The maximum absolute atomic E-state index is 9.94. The molecule has 1 saturated carbocycles. The van der Waals surface area contributed by atoms with Crippen molar-refractivity contribution >= 4 is 0 Å². The molecule has 0 unspecified atom stereocenters. The predicted molar refractivity (Wildman–Crippen MR) is 76.5 cm³/mol. The first kappa shape index (κ1) is 9.82. The van der Waals surface area contributed by atoms with Gasteiger partial charge in [-0.15, -0.1) is 0 Å².